The van der Waals surface area contributed by atoms with Crippen molar-refractivity contribution in [1.29, 1.82) is 0 Å². The number of rotatable bonds is 4. The van der Waals surface area contributed by atoms with E-state index in [1.54, 1.807) is 23.1 Å². The van der Waals surface area contributed by atoms with Crippen molar-refractivity contribution < 1.29 is 9.15 Å². The molecular formula is C18H15N7O3. The van der Waals surface area contributed by atoms with Crippen molar-refractivity contribution in [2.75, 3.05) is 11.9 Å². The van der Waals surface area contributed by atoms with Crippen molar-refractivity contribution in [3.8, 4) is 17.2 Å². The van der Waals surface area contributed by atoms with Crippen molar-refractivity contribution in [1.82, 2.24) is 30.4 Å². The van der Waals surface area contributed by atoms with Crippen LogP contribution in [0, 0.1) is 0 Å². The number of aromatic nitrogens is 6. The maximum Gasteiger partial charge on any atom is 0.288 e. The summed E-state index contributed by atoms with van der Waals surface area (Å²) in [7, 11) is 0. The zero-order valence-corrected chi connectivity index (χ0v) is 14.8. The van der Waals surface area contributed by atoms with E-state index in [1.165, 1.54) is 0 Å². The first kappa shape index (κ1) is 16.2. The highest BCUT2D eigenvalue weighted by atomic mass is 16.5. The summed E-state index contributed by atoms with van der Waals surface area (Å²) in [5.74, 6) is 1.66. The van der Waals surface area contributed by atoms with Crippen LogP contribution < -0.4 is 15.6 Å². The molecule has 4 aromatic rings. The maximum absolute atomic E-state index is 12.5. The molecule has 0 fully saturated rings. The number of tetrazole rings is 1. The van der Waals surface area contributed by atoms with Crippen LogP contribution in [0.4, 0.5) is 11.6 Å². The summed E-state index contributed by atoms with van der Waals surface area (Å²) in [5, 5.41) is 21.6. The fraction of sp³-hybridized carbons (Fsp3) is 0.167. The first-order valence-corrected chi connectivity index (χ1v) is 8.70. The molecule has 4 heterocycles. The van der Waals surface area contributed by atoms with Crippen LogP contribution in [0.3, 0.4) is 0 Å². The minimum atomic E-state index is -0.466. The molecule has 0 amide bonds. The number of nitrogens with one attached hydrogen (secondary N) is 2. The van der Waals surface area contributed by atoms with E-state index in [9.17, 15) is 4.79 Å². The van der Waals surface area contributed by atoms with Crippen LogP contribution in [-0.2, 0) is 0 Å². The van der Waals surface area contributed by atoms with E-state index in [4.69, 9.17) is 9.15 Å². The summed E-state index contributed by atoms with van der Waals surface area (Å²) in [6.45, 7) is 2.51. The van der Waals surface area contributed by atoms with Crippen LogP contribution >= 0.6 is 0 Å². The number of hydrogen-bond donors (Lipinski definition) is 2. The van der Waals surface area contributed by atoms with Gasteiger partial charge in [-0.1, -0.05) is 17.2 Å². The van der Waals surface area contributed by atoms with Crippen LogP contribution in [-0.4, -0.2) is 37.0 Å². The molecule has 1 aromatic carbocycles. The second-order valence-electron chi connectivity index (χ2n) is 6.14. The maximum atomic E-state index is 12.5. The lowest BCUT2D eigenvalue weighted by molar-refractivity contribution is 0.340. The summed E-state index contributed by atoms with van der Waals surface area (Å²) < 4.78 is 12.7. The van der Waals surface area contributed by atoms with Gasteiger partial charge in [0.05, 0.1) is 12.9 Å². The number of hydrogen-bond acceptors (Lipinski definition) is 8. The van der Waals surface area contributed by atoms with E-state index in [0.717, 1.165) is 11.3 Å². The van der Waals surface area contributed by atoms with Gasteiger partial charge < -0.3 is 14.5 Å². The Balaban J connectivity index is 1.75. The van der Waals surface area contributed by atoms with Crippen LogP contribution in [0.25, 0.3) is 11.5 Å². The molecule has 0 unspecified atom stereocenters. The fourth-order valence-corrected chi connectivity index (χ4v) is 3.36. The molecule has 140 valence electrons. The quantitative estimate of drug-likeness (QED) is 0.488. The minimum absolute atomic E-state index is 0.336. The molecule has 5 rings (SSSR count). The molecule has 1 aliphatic heterocycles. The van der Waals surface area contributed by atoms with E-state index in [2.05, 4.69) is 31.0 Å². The molecule has 0 aliphatic carbocycles. The normalized spacial score (nSPS) is 14.8. The van der Waals surface area contributed by atoms with Crippen LogP contribution in [0.1, 0.15) is 24.1 Å². The number of nitrogens with zero attached hydrogens (tertiary/aromatic N) is 5. The molecule has 2 N–H and O–H groups in total. The zero-order valence-electron chi connectivity index (χ0n) is 14.8. The molecular weight excluding hydrogens is 362 g/mol. The van der Waals surface area contributed by atoms with Crippen molar-refractivity contribution in [3.05, 3.63) is 64.1 Å². The van der Waals surface area contributed by atoms with Crippen molar-refractivity contribution >= 4 is 11.6 Å². The van der Waals surface area contributed by atoms with E-state index >= 15 is 0 Å². The lowest BCUT2D eigenvalue weighted by Crippen LogP contribution is -2.29. The molecule has 1 aliphatic rings. The predicted octanol–water partition coefficient (Wildman–Crippen LogP) is 2.11. The van der Waals surface area contributed by atoms with Gasteiger partial charge >= 0.3 is 0 Å². The molecule has 0 spiro atoms. The van der Waals surface area contributed by atoms with Gasteiger partial charge in [-0.3, -0.25) is 4.79 Å². The number of furan rings is 1. The molecule has 0 saturated heterocycles. The summed E-state index contributed by atoms with van der Waals surface area (Å²) in [6, 6.07) is 10.7. The number of anilines is 2. The standard InChI is InChI=1S/C18H15N7O3/c1-2-27-11-7-5-10(6-8-11)16-13-14(12-4-3-9-28-12)20-21-17(26)15(13)19-18-22-23-24-25(16)18/h3-9,16H,2H2,1H3,(H,21,26)(H,19,22,24)/t16-/m0/s1. The van der Waals surface area contributed by atoms with Crippen molar-refractivity contribution in [2.45, 2.75) is 13.0 Å². The third kappa shape index (κ3) is 2.46. The van der Waals surface area contributed by atoms with Gasteiger partial charge in [-0.15, -0.1) is 0 Å². The Morgan fingerprint density at radius 2 is 2.11 bits per heavy atom. The Labute approximate surface area is 158 Å². The molecule has 0 saturated carbocycles. The molecule has 10 nitrogen and oxygen atoms in total. The van der Waals surface area contributed by atoms with E-state index in [-0.39, 0.29) is 5.56 Å². The second-order valence-corrected chi connectivity index (χ2v) is 6.14. The lowest BCUT2D eigenvalue weighted by Gasteiger charge is -2.27. The topological polar surface area (TPSA) is 124 Å². The SMILES string of the molecule is CCOc1ccc([C@H]2c3c(-c4ccco4)n[nH]c(=O)c3Nc3nnnn32)cc1. The highest BCUT2D eigenvalue weighted by Crippen LogP contribution is 2.41. The Morgan fingerprint density at radius 1 is 1.25 bits per heavy atom. The zero-order chi connectivity index (χ0) is 19.1. The number of fused-ring (bicyclic) bond motifs is 2. The summed E-state index contributed by atoms with van der Waals surface area (Å²) in [4.78, 5) is 12.5. The van der Waals surface area contributed by atoms with Gasteiger partial charge in [0.1, 0.15) is 23.2 Å². The van der Waals surface area contributed by atoms with E-state index in [1.807, 2.05) is 31.2 Å². The highest BCUT2D eigenvalue weighted by molar-refractivity contribution is 5.73. The first-order valence-electron chi connectivity index (χ1n) is 8.70. The van der Waals surface area contributed by atoms with Gasteiger partial charge in [0.25, 0.3) is 5.56 Å². The van der Waals surface area contributed by atoms with Gasteiger partial charge in [-0.25, -0.2) is 5.10 Å². The third-order valence-electron chi connectivity index (χ3n) is 4.53. The van der Waals surface area contributed by atoms with Gasteiger partial charge in [0, 0.05) is 5.56 Å². The van der Waals surface area contributed by atoms with Crippen LogP contribution in [0.2, 0.25) is 0 Å². The molecule has 3 aromatic heterocycles. The van der Waals surface area contributed by atoms with Gasteiger partial charge in [-0.05, 0) is 47.2 Å². The molecule has 28 heavy (non-hydrogen) atoms. The third-order valence-corrected chi connectivity index (χ3v) is 4.53. The van der Waals surface area contributed by atoms with Crippen molar-refractivity contribution in [2.24, 2.45) is 0 Å². The Morgan fingerprint density at radius 3 is 2.86 bits per heavy atom. The summed E-state index contributed by atoms with van der Waals surface area (Å²) in [5.41, 5.74) is 1.98. The predicted molar refractivity (Wildman–Crippen MR) is 98.5 cm³/mol. The summed E-state index contributed by atoms with van der Waals surface area (Å²) >= 11 is 0. The molecule has 0 bridgehead atoms. The van der Waals surface area contributed by atoms with E-state index < -0.39 is 6.04 Å². The first-order chi connectivity index (χ1) is 13.8. The minimum Gasteiger partial charge on any atom is -0.494 e. The van der Waals surface area contributed by atoms with Crippen molar-refractivity contribution in [3.63, 3.8) is 0 Å². The number of ether oxygens (including phenoxy) is 1. The number of aromatic amines is 1. The molecule has 10 heteroatoms. The van der Waals surface area contributed by atoms with Crippen LogP contribution in [0.5, 0.6) is 5.75 Å². The molecule has 0 radical (unpaired) electrons. The van der Waals surface area contributed by atoms with Gasteiger partial charge in [0.15, 0.2) is 5.76 Å². The van der Waals surface area contributed by atoms with Crippen LogP contribution in [0.15, 0.2) is 51.9 Å². The fourth-order valence-electron chi connectivity index (χ4n) is 3.36. The monoisotopic (exact) mass is 377 g/mol. The number of H-pyrrole nitrogens is 1. The summed E-state index contributed by atoms with van der Waals surface area (Å²) in [6.07, 6.45) is 1.55. The lowest BCUT2D eigenvalue weighted by atomic mass is 9.94. The van der Waals surface area contributed by atoms with Gasteiger partial charge in [-0.2, -0.15) is 9.78 Å². The average molecular weight is 377 g/mol. The smallest absolute Gasteiger partial charge is 0.288 e. The number of benzene rings is 1. The van der Waals surface area contributed by atoms with E-state index in [0.29, 0.717) is 35.3 Å². The largest absolute Gasteiger partial charge is 0.494 e. The Hall–Kier alpha value is -3.95. The second kappa shape index (κ2) is 6.34. The Kier molecular flexibility index (Phi) is 3.68. The molecule has 1 atom stereocenters. The highest BCUT2D eigenvalue weighted by Gasteiger charge is 2.34. The Bertz CT molecular complexity index is 1180. The average Bonchev–Trinajstić information content (AvgIpc) is 3.40. The van der Waals surface area contributed by atoms with Gasteiger partial charge in [0.2, 0.25) is 5.95 Å².